The Labute approximate surface area is 99.5 Å². The van der Waals surface area contributed by atoms with Gasteiger partial charge in [0.2, 0.25) is 0 Å². The molecule has 0 amide bonds. The molecule has 1 aromatic carbocycles. The van der Waals surface area contributed by atoms with Crippen LogP contribution in [0.25, 0.3) is 0 Å². The van der Waals surface area contributed by atoms with E-state index in [1.165, 1.54) is 12.1 Å². The molecule has 1 heterocycles. The minimum Gasteiger partial charge on any atom is -0.381 e. The molecule has 0 aromatic heterocycles. The van der Waals surface area contributed by atoms with Crippen LogP contribution >= 0.6 is 11.6 Å². The van der Waals surface area contributed by atoms with Crippen molar-refractivity contribution >= 4 is 11.6 Å². The van der Waals surface area contributed by atoms with Gasteiger partial charge in [-0.05, 0) is 42.5 Å². The summed E-state index contributed by atoms with van der Waals surface area (Å²) in [5, 5.41) is 0.400. The smallest absolute Gasteiger partial charge is 0.125 e. The van der Waals surface area contributed by atoms with Crippen LogP contribution in [-0.2, 0) is 4.74 Å². The fraction of sp³-hybridized carbons (Fsp3) is 0.500. The lowest BCUT2D eigenvalue weighted by Crippen LogP contribution is -2.27. The number of ether oxygens (including phenoxy) is 1. The second kappa shape index (κ2) is 5.13. The fourth-order valence-corrected chi connectivity index (χ4v) is 2.34. The number of rotatable bonds is 2. The van der Waals surface area contributed by atoms with Crippen molar-refractivity contribution in [3.63, 3.8) is 0 Å². The zero-order valence-corrected chi connectivity index (χ0v) is 9.71. The van der Waals surface area contributed by atoms with Gasteiger partial charge in [0, 0.05) is 24.3 Å². The van der Waals surface area contributed by atoms with Crippen LogP contribution in [0.3, 0.4) is 0 Å². The summed E-state index contributed by atoms with van der Waals surface area (Å²) in [5.41, 5.74) is 6.90. The molecule has 0 aliphatic carbocycles. The lowest BCUT2D eigenvalue weighted by atomic mass is 9.88. The number of benzene rings is 1. The van der Waals surface area contributed by atoms with Gasteiger partial charge in [0.05, 0.1) is 0 Å². The second-order valence-corrected chi connectivity index (χ2v) is 4.61. The first-order valence-corrected chi connectivity index (χ1v) is 5.84. The van der Waals surface area contributed by atoms with E-state index in [4.69, 9.17) is 22.1 Å². The van der Waals surface area contributed by atoms with Gasteiger partial charge in [-0.3, -0.25) is 0 Å². The predicted molar refractivity (Wildman–Crippen MR) is 61.9 cm³/mol. The molecule has 88 valence electrons. The van der Waals surface area contributed by atoms with Gasteiger partial charge in [0.15, 0.2) is 0 Å². The van der Waals surface area contributed by atoms with Crippen molar-refractivity contribution in [3.8, 4) is 0 Å². The summed E-state index contributed by atoms with van der Waals surface area (Å²) < 4.78 is 18.5. The molecule has 1 aliphatic heterocycles. The molecule has 0 radical (unpaired) electrons. The summed E-state index contributed by atoms with van der Waals surface area (Å²) in [6.07, 6.45) is 1.85. The summed E-state index contributed by atoms with van der Waals surface area (Å²) >= 11 is 5.81. The van der Waals surface area contributed by atoms with E-state index in [0.717, 1.165) is 31.6 Å². The van der Waals surface area contributed by atoms with E-state index in [1.54, 1.807) is 6.07 Å². The minimum atomic E-state index is -0.329. The molecular weight excluding hydrogens is 229 g/mol. The fourth-order valence-electron chi connectivity index (χ4n) is 2.11. The highest BCUT2D eigenvalue weighted by Crippen LogP contribution is 2.29. The topological polar surface area (TPSA) is 35.2 Å². The van der Waals surface area contributed by atoms with Crippen LogP contribution in [0, 0.1) is 11.7 Å². The van der Waals surface area contributed by atoms with E-state index in [0.29, 0.717) is 10.9 Å². The molecule has 4 heteroatoms. The second-order valence-electron chi connectivity index (χ2n) is 4.18. The van der Waals surface area contributed by atoms with Crippen molar-refractivity contribution < 1.29 is 9.13 Å². The summed E-state index contributed by atoms with van der Waals surface area (Å²) in [6.45, 7) is 1.48. The van der Waals surface area contributed by atoms with Gasteiger partial charge in [0.1, 0.15) is 5.82 Å². The Morgan fingerprint density at radius 2 is 2.00 bits per heavy atom. The molecule has 16 heavy (non-hydrogen) atoms. The molecule has 1 aliphatic rings. The zero-order valence-electron chi connectivity index (χ0n) is 8.96. The Morgan fingerprint density at radius 1 is 1.31 bits per heavy atom. The van der Waals surface area contributed by atoms with Crippen LogP contribution in [0.4, 0.5) is 4.39 Å². The molecule has 1 fully saturated rings. The lowest BCUT2D eigenvalue weighted by Gasteiger charge is -2.28. The van der Waals surface area contributed by atoms with Crippen molar-refractivity contribution in [1.82, 2.24) is 0 Å². The van der Waals surface area contributed by atoms with E-state index in [-0.39, 0.29) is 11.9 Å². The van der Waals surface area contributed by atoms with Crippen LogP contribution in [0.2, 0.25) is 5.02 Å². The number of nitrogens with two attached hydrogens (primary N) is 1. The summed E-state index contributed by atoms with van der Waals surface area (Å²) in [7, 11) is 0. The molecule has 2 nitrogen and oxygen atoms in total. The molecule has 2 rings (SSSR count). The van der Waals surface area contributed by atoms with Crippen LogP contribution < -0.4 is 5.73 Å². The van der Waals surface area contributed by atoms with Gasteiger partial charge in [-0.25, -0.2) is 4.39 Å². The Morgan fingerprint density at radius 3 is 2.62 bits per heavy atom. The maximum atomic E-state index is 13.2. The number of hydrogen-bond donors (Lipinski definition) is 1. The molecule has 0 saturated carbocycles. The van der Waals surface area contributed by atoms with Crippen LogP contribution in [-0.4, -0.2) is 13.2 Å². The van der Waals surface area contributed by atoms with E-state index in [2.05, 4.69) is 0 Å². The number of halogens is 2. The van der Waals surface area contributed by atoms with E-state index in [9.17, 15) is 4.39 Å². The van der Waals surface area contributed by atoms with Gasteiger partial charge in [-0.1, -0.05) is 11.6 Å². The van der Waals surface area contributed by atoms with Crippen LogP contribution in [0.1, 0.15) is 24.4 Å². The Kier molecular flexibility index (Phi) is 3.79. The quantitative estimate of drug-likeness (QED) is 0.867. The average molecular weight is 244 g/mol. The van der Waals surface area contributed by atoms with Gasteiger partial charge in [-0.15, -0.1) is 0 Å². The van der Waals surface area contributed by atoms with Crippen molar-refractivity contribution in [2.75, 3.05) is 13.2 Å². The van der Waals surface area contributed by atoms with Gasteiger partial charge in [-0.2, -0.15) is 0 Å². The molecule has 2 N–H and O–H groups in total. The molecular formula is C12H15ClFNO. The standard InChI is InChI=1S/C12H15ClFNO/c13-10-5-9(6-11(14)7-10)12(15)8-1-3-16-4-2-8/h5-8,12H,1-4,15H2/t12-/m1/s1. The first-order valence-electron chi connectivity index (χ1n) is 5.46. The van der Waals surface area contributed by atoms with Crippen LogP contribution in [0.15, 0.2) is 18.2 Å². The monoisotopic (exact) mass is 243 g/mol. The first kappa shape index (κ1) is 11.8. The highest BCUT2D eigenvalue weighted by molar-refractivity contribution is 6.30. The Bertz CT molecular complexity index is 346. The summed E-state index contributed by atoms with van der Waals surface area (Å²) in [6, 6.07) is 4.34. The highest BCUT2D eigenvalue weighted by Gasteiger charge is 2.22. The van der Waals surface area contributed by atoms with E-state index < -0.39 is 0 Å². The summed E-state index contributed by atoms with van der Waals surface area (Å²) in [5.74, 6) is 0.0247. The average Bonchev–Trinajstić information content (AvgIpc) is 2.28. The minimum absolute atomic E-state index is 0.155. The Balaban J connectivity index is 2.15. The number of hydrogen-bond acceptors (Lipinski definition) is 2. The maximum absolute atomic E-state index is 13.2. The van der Waals surface area contributed by atoms with Crippen molar-refractivity contribution in [2.24, 2.45) is 11.7 Å². The third-order valence-electron chi connectivity index (χ3n) is 3.04. The highest BCUT2D eigenvalue weighted by atomic mass is 35.5. The lowest BCUT2D eigenvalue weighted by molar-refractivity contribution is 0.0583. The van der Waals surface area contributed by atoms with Crippen molar-refractivity contribution in [3.05, 3.63) is 34.6 Å². The molecule has 0 bridgehead atoms. The summed E-state index contributed by atoms with van der Waals surface area (Å²) in [4.78, 5) is 0. The molecule has 1 saturated heterocycles. The van der Waals surface area contributed by atoms with Gasteiger partial charge < -0.3 is 10.5 Å². The van der Waals surface area contributed by atoms with Crippen molar-refractivity contribution in [2.45, 2.75) is 18.9 Å². The SMILES string of the molecule is N[C@@H](c1cc(F)cc(Cl)c1)C1CCOCC1. The molecule has 0 spiro atoms. The maximum Gasteiger partial charge on any atom is 0.125 e. The molecule has 0 unspecified atom stereocenters. The molecule has 1 atom stereocenters. The van der Waals surface area contributed by atoms with E-state index in [1.807, 2.05) is 0 Å². The van der Waals surface area contributed by atoms with Gasteiger partial charge >= 0.3 is 0 Å². The van der Waals surface area contributed by atoms with E-state index >= 15 is 0 Å². The third kappa shape index (κ3) is 2.73. The normalized spacial score (nSPS) is 19.7. The predicted octanol–water partition coefficient (Wildman–Crippen LogP) is 2.91. The van der Waals surface area contributed by atoms with Gasteiger partial charge in [0.25, 0.3) is 0 Å². The van der Waals surface area contributed by atoms with Crippen LogP contribution in [0.5, 0.6) is 0 Å². The van der Waals surface area contributed by atoms with Crippen molar-refractivity contribution in [1.29, 1.82) is 0 Å². The molecule has 1 aromatic rings. The largest absolute Gasteiger partial charge is 0.381 e. The Hall–Kier alpha value is -0.640. The third-order valence-corrected chi connectivity index (χ3v) is 3.26. The zero-order chi connectivity index (χ0) is 11.5. The first-order chi connectivity index (χ1) is 7.66.